The van der Waals surface area contributed by atoms with Gasteiger partial charge in [-0.2, -0.15) is 13.2 Å². The summed E-state index contributed by atoms with van der Waals surface area (Å²) in [4.78, 5) is 14.2. The molecule has 0 saturated carbocycles. The minimum absolute atomic E-state index is 0.135. The van der Waals surface area contributed by atoms with E-state index in [0.29, 0.717) is 31.9 Å². The number of amides is 1. The molecule has 27 heavy (non-hydrogen) atoms. The van der Waals surface area contributed by atoms with Crippen molar-refractivity contribution in [3.63, 3.8) is 0 Å². The molecule has 0 bridgehead atoms. The summed E-state index contributed by atoms with van der Waals surface area (Å²) >= 11 is 0. The zero-order valence-corrected chi connectivity index (χ0v) is 15.3. The molecule has 152 valence electrons. The largest absolute Gasteiger partial charge is 0.416 e. The van der Waals surface area contributed by atoms with Gasteiger partial charge in [0.15, 0.2) is 0 Å². The number of nitrogens with two attached hydrogens (primary N) is 1. The first-order valence-corrected chi connectivity index (χ1v) is 8.83. The molecule has 1 aromatic carbocycles. The lowest BCUT2D eigenvalue weighted by Gasteiger charge is -2.35. The van der Waals surface area contributed by atoms with Crippen LogP contribution >= 0.6 is 0 Å². The Bertz CT molecular complexity index is 586. The van der Waals surface area contributed by atoms with Crippen LogP contribution in [-0.4, -0.2) is 63.4 Å². The summed E-state index contributed by atoms with van der Waals surface area (Å²) in [6, 6.07) is 4.83. The standard InChI is InChI=1S/C18H26F3N3O3/c1-26-15(11-22)10-17(25)23-12-16(24-6-8-27-9-7-24)13-2-4-14(5-3-13)18(19,20)21/h2-5,15-16H,6-12,22H2,1H3,(H,23,25). The van der Waals surface area contributed by atoms with Crippen LogP contribution < -0.4 is 11.1 Å². The van der Waals surface area contributed by atoms with E-state index in [1.807, 2.05) is 0 Å². The average molecular weight is 389 g/mol. The van der Waals surface area contributed by atoms with Crippen molar-refractivity contribution in [2.45, 2.75) is 24.7 Å². The summed E-state index contributed by atoms with van der Waals surface area (Å²) in [5.74, 6) is -0.211. The minimum atomic E-state index is -4.38. The maximum Gasteiger partial charge on any atom is 0.416 e. The van der Waals surface area contributed by atoms with Gasteiger partial charge in [-0.05, 0) is 17.7 Å². The summed E-state index contributed by atoms with van der Waals surface area (Å²) in [6.07, 6.45) is -4.60. The maximum absolute atomic E-state index is 12.8. The third kappa shape index (κ3) is 6.46. The molecule has 1 aliphatic rings. The number of ether oxygens (including phenoxy) is 2. The van der Waals surface area contributed by atoms with E-state index in [-0.39, 0.29) is 37.6 Å². The zero-order chi connectivity index (χ0) is 19.9. The first kappa shape index (κ1) is 21.6. The number of hydrogen-bond acceptors (Lipinski definition) is 5. The molecule has 2 atom stereocenters. The van der Waals surface area contributed by atoms with Gasteiger partial charge in [-0.1, -0.05) is 12.1 Å². The van der Waals surface area contributed by atoms with Gasteiger partial charge in [-0.15, -0.1) is 0 Å². The summed E-state index contributed by atoms with van der Waals surface area (Å²) in [7, 11) is 1.49. The molecule has 0 spiro atoms. The second-order valence-electron chi connectivity index (χ2n) is 6.39. The van der Waals surface area contributed by atoms with Crippen LogP contribution in [0.2, 0.25) is 0 Å². The third-order valence-electron chi connectivity index (χ3n) is 4.61. The Kier molecular flexibility index (Phi) is 8.03. The van der Waals surface area contributed by atoms with E-state index < -0.39 is 11.7 Å². The lowest BCUT2D eigenvalue weighted by Crippen LogP contribution is -2.44. The summed E-state index contributed by atoms with van der Waals surface area (Å²) in [6.45, 7) is 2.89. The van der Waals surface area contributed by atoms with Gasteiger partial charge in [0, 0.05) is 33.3 Å². The Morgan fingerprint density at radius 3 is 2.44 bits per heavy atom. The summed E-state index contributed by atoms with van der Waals surface area (Å²) in [5.41, 5.74) is 5.55. The van der Waals surface area contributed by atoms with Crippen LogP contribution in [-0.2, 0) is 20.4 Å². The number of nitrogens with zero attached hydrogens (tertiary/aromatic N) is 1. The van der Waals surface area contributed by atoms with Crippen LogP contribution in [0.25, 0.3) is 0 Å². The van der Waals surface area contributed by atoms with Crippen molar-refractivity contribution in [1.82, 2.24) is 10.2 Å². The SMILES string of the molecule is COC(CN)CC(=O)NCC(c1ccc(C(F)(F)F)cc1)N1CCOCC1. The molecule has 2 unspecified atom stereocenters. The van der Waals surface area contributed by atoms with Gasteiger partial charge in [-0.3, -0.25) is 9.69 Å². The van der Waals surface area contributed by atoms with Crippen molar-refractivity contribution in [2.24, 2.45) is 5.73 Å². The molecule has 2 rings (SSSR count). The molecule has 1 amide bonds. The van der Waals surface area contributed by atoms with Gasteiger partial charge in [0.05, 0.1) is 37.3 Å². The van der Waals surface area contributed by atoms with E-state index in [9.17, 15) is 18.0 Å². The number of alkyl halides is 3. The molecule has 1 fully saturated rings. The van der Waals surface area contributed by atoms with Crippen LogP contribution in [0.4, 0.5) is 13.2 Å². The van der Waals surface area contributed by atoms with Gasteiger partial charge in [-0.25, -0.2) is 0 Å². The normalized spacial score (nSPS) is 18.1. The van der Waals surface area contributed by atoms with Crippen LogP contribution in [0.5, 0.6) is 0 Å². The van der Waals surface area contributed by atoms with Gasteiger partial charge in [0.2, 0.25) is 5.91 Å². The van der Waals surface area contributed by atoms with Gasteiger partial charge < -0.3 is 20.5 Å². The number of carbonyl (C=O) groups excluding carboxylic acids is 1. The number of benzene rings is 1. The molecule has 9 heteroatoms. The number of halogens is 3. The fourth-order valence-corrected chi connectivity index (χ4v) is 2.99. The predicted molar refractivity (Wildman–Crippen MR) is 94.1 cm³/mol. The number of nitrogens with one attached hydrogen (secondary N) is 1. The predicted octanol–water partition coefficient (Wildman–Crippen LogP) is 1.56. The van der Waals surface area contributed by atoms with E-state index >= 15 is 0 Å². The molecule has 0 aromatic heterocycles. The Morgan fingerprint density at radius 2 is 1.93 bits per heavy atom. The number of methoxy groups -OCH3 is 1. The molecular weight excluding hydrogens is 363 g/mol. The Morgan fingerprint density at radius 1 is 1.30 bits per heavy atom. The number of carbonyl (C=O) groups is 1. The lowest BCUT2D eigenvalue weighted by atomic mass is 10.0. The van der Waals surface area contributed by atoms with Crippen molar-refractivity contribution in [1.29, 1.82) is 0 Å². The maximum atomic E-state index is 12.8. The van der Waals surface area contributed by atoms with Crippen LogP contribution in [0, 0.1) is 0 Å². The highest BCUT2D eigenvalue weighted by Gasteiger charge is 2.31. The van der Waals surface area contributed by atoms with Crippen molar-refractivity contribution in [2.75, 3.05) is 46.5 Å². The average Bonchev–Trinajstić information content (AvgIpc) is 2.67. The Labute approximate surface area is 156 Å². The van der Waals surface area contributed by atoms with E-state index in [1.54, 1.807) is 0 Å². The van der Waals surface area contributed by atoms with Crippen molar-refractivity contribution < 1.29 is 27.4 Å². The van der Waals surface area contributed by atoms with Gasteiger partial charge >= 0.3 is 6.18 Å². The first-order valence-electron chi connectivity index (χ1n) is 8.83. The van der Waals surface area contributed by atoms with Crippen molar-refractivity contribution in [3.05, 3.63) is 35.4 Å². The van der Waals surface area contributed by atoms with Crippen LogP contribution in [0.3, 0.4) is 0 Å². The van der Waals surface area contributed by atoms with E-state index in [0.717, 1.165) is 12.1 Å². The molecule has 1 saturated heterocycles. The fraction of sp³-hybridized carbons (Fsp3) is 0.611. The summed E-state index contributed by atoms with van der Waals surface area (Å²) < 4.78 is 48.9. The number of hydrogen-bond donors (Lipinski definition) is 2. The molecule has 1 aromatic rings. The van der Waals surface area contributed by atoms with Gasteiger partial charge in [0.25, 0.3) is 0 Å². The molecule has 0 radical (unpaired) electrons. The van der Waals surface area contributed by atoms with Crippen molar-refractivity contribution >= 4 is 5.91 Å². The third-order valence-corrected chi connectivity index (χ3v) is 4.61. The molecule has 3 N–H and O–H groups in total. The van der Waals surface area contributed by atoms with Gasteiger partial charge in [0.1, 0.15) is 0 Å². The van der Waals surface area contributed by atoms with Crippen molar-refractivity contribution in [3.8, 4) is 0 Å². The van der Waals surface area contributed by atoms with E-state index in [4.69, 9.17) is 15.2 Å². The molecule has 1 heterocycles. The fourth-order valence-electron chi connectivity index (χ4n) is 2.99. The number of rotatable bonds is 8. The highest BCUT2D eigenvalue weighted by Crippen LogP contribution is 2.31. The van der Waals surface area contributed by atoms with E-state index in [1.165, 1.54) is 19.2 Å². The highest BCUT2D eigenvalue weighted by molar-refractivity contribution is 5.76. The second-order valence-corrected chi connectivity index (χ2v) is 6.39. The Hall–Kier alpha value is -1.68. The lowest BCUT2D eigenvalue weighted by molar-refractivity contribution is -0.137. The van der Waals surface area contributed by atoms with Crippen LogP contribution in [0.1, 0.15) is 23.6 Å². The van der Waals surface area contributed by atoms with E-state index in [2.05, 4.69) is 10.2 Å². The first-order chi connectivity index (χ1) is 12.8. The second kappa shape index (κ2) is 10.0. The molecular formula is C18H26F3N3O3. The molecule has 6 nitrogen and oxygen atoms in total. The molecule has 0 aliphatic carbocycles. The quantitative estimate of drug-likeness (QED) is 0.706. The van der Waals surface area contributed by atoms with Crippen LogP contribution in [0.15, 0.2) is 24.3 Å². The summed E-state index contributed by atoms with van der Waals surface area (Å²) in [5, 5.41) is 2.84. The smallest absolute Gasteiger partial charge is 0.380 e. The molecule has 1 aliphatic heterocycles. The zero-order valence-electron chi connectivity index (χ0n) is 15.3. The number of morpholine rings is 1. The topological polar surface area (TPSA) is 76.8 Å². The Balaban J connectivity index is 2.08. The highest BCUT2D eigenvalue weighted by atomic mass is 19.4. The monoisotopic (exact) mass is 389 g/mol. The minimum Gasteiger partial charge on any atom is -0.380 e.